The topological polar surface area (TPSA) is 53.6 Å². The SMILES string of the molecule is CN(C)c1ccc(Cl)cc1NC(=O)CC1COCCN1. The zero-order valence-corrected chi connectivity index (χ0v) is 12.5. The van der Waals surface area contributed by atoms with Crippen LogP contribution in [0.4, 0.5) is 11.4 Å². The first-order valence-corrected chi connectivity index (χ1v) is 7.02. The van der Waals surface area contributed by atoms with E-state index in [-0.39, 0.29) is 11.9 Å². The van der Waals surface area contributed by atoms with E-state index in [0.29, 0.717) is 24.7 Å². The Morgan fingerprint density at radius 2 is 2.35 bits per heavy atom. The van der Waals surface area contributed by atoms with Gasteiger partial charge in [0, 0.05) is 38.1 Å². The van der Waals surface area contributed by atoms with Crippen molar-refractivity contribution in [2.75, 3.05) is 44.1 Å². The predicted molar refractivity (Wildman–Crippen MR) is 81.6 cm³/mol. The van der Waals surface area contributed by atoms with Crippen molar-refractivity contribution in [2.45, 2.75) is 12.5 Å². The van der Waals surface area contributed by atoms with Crippen LogP contribution in [-0.2, 0) is 9.53 Å². The lowest BCUT2D eigenvalue weighted by molar-refractivity contribution is -0.117. The van der Waals surface area contributed by atoms with Crippen LogP contribution in [0.2, 0.25) is 5.02 Å². The molecule has 0 aliphatic carbocycles. The van der Waals surface area contributed by atoms with Gasteiger partial charge >= 0.3 is 0 Å². The molecular formula is C14H20ClN3O2. The highest BCUT2D eigenvalue weighted by Gasteiger charge is 2.18. The molecule has 1 aliphatic rings. The van der Waals surface area contributed by atoms with Gasteiger partial charge in [0.05, 0.1) is 24.6 Å². The van der Waals surface area contributed by atoms with E-state index in [1.807, 2.05) is 31.1 Å². The number of anilines is 2. The Bertz CT molecular complexity index is 473. The number of carbonyl (C=O) groups is 1. The van der Waals surface area contributed by atoms with Crippen molar-refractivity contribution in [3.63, 3.8) is 0 Å². The second kappa shape index (κ2) is 6.92. The molecule has 1 amide bonds. The number of carbonyl (C=O) groups excluding carboxylic acids is 1. The molecule has 1 aromatic rings. The number of morpholine rings is 1. The maximum atomic E-state index is 12.1. The van der Waals surface area contributed by atoms with Crippen molar-refractivity contribution < 1.29 is 9.53 Å². The third-order valence-corrected chi connectivity index (χ3v) is 3.38. The Morgan fingerprint density at radius 3 is 3.00 bits per heavy atom. The van der Waals surface area contributed by atoms with Crippen LogP contribution in [0.5, 0.6) is 0 Å². The van der Waals surface area contributed by atoms with Crippen molar-refractivity contribution >= 4 is 28.9 Å². The highest BCUT2D eigenvalue weighted by Crippen LogP contribution is 2.27. The lowest BCUT2D eigenvalue weighted by Gasteiger charge is -2.24. The van der Waals surface area contributed by atoms with Crippen LogP contribution < -0.4 is 15.5 Å². The number of hydrogen-bond donors (Lipinski definition) is 2. The number of hydrogen-bond acceptors (Lipinski definition) is 4. The van der Waals surface area contributed by atoms with Gasteiger partial charge in [-0.2, -0.15) is 0 Å². The fraction of sp³-hybridized carbons (Fsp3) is 0.500. The lowest BCUT2D eigenvalue weighted by atomic mass is 10.2. The number of rotatable bonds is 4. The lowest BCUT2D eigenvalue weighted by Crippen LogP contribution is -2.43. The number of ether oxygens (including phenoxy) is 1. The summed E-state index contributed by atoms with van der Waals surface area (Å²) in [6.45, 7) is 2.07. The van der Waals surface area contributed by atoms with Gasteiger partial charge in [-0.15, -0.1) is 0 Å². The molecule has 1 atom stereocenters. The number of amides is 1. The van der Waals surface area contributed by atoms with E-state index in [2.05, 4.69) is 10.6 Å². The highest BCUT2D eigenvalue weighted by atomic mass is 35.5. The van der Waals surface area contributed by atoms with Gasteiger partial charge in [0.1, 0.15) is 0 Å². The Kier molecular flexibility index (Phi) is 5.23. The molecule has 0 spiro atoms. The minimum absolute atomic E-state index is 0.0432. The van der Waals surface area contributed by atoms with Crippen LogP contribution in [0.15, 0.2) is 18.2 Å². The molecule has 2 rings (SSSR count). The van der Waals surface area contributed by atoms with Gasteiger partial charge < -0.3 is 20.3 Å². The van der Waals surface area contributed by atoms with E-state index in [9.17, 15) is 4.79 Å². The smallest absolute Gasteiger partial charge is 0.226 e. The second-order valence-corrected chi connectivity index (χ2v) is 5.47. The summed E-state index contributed by atoms with van der Waals surface area (Å²) in [5.41, 5.74) is 1.65. The monoisotopic (exact) mass is 297 g/mol. The number of halogens is 1. The minimum Gasteiger partial charge on any atom is -0.378 e. The second-order valence-electron chi connectivity index (χ2n) is 5.03. The Hall–Kier alpha value is -1.30. The number of nitrogens with zero attached hydrogens (tertiary/aromatic N) is 1. The molecule has 0 bridgehead atoms. The molecule has 1 saturated heterocycles. The Balaban J connectivity index is 2.01. The normalized spacial score (nSPS) is 18.6. The van der Waals surface area contributed by atoms with Crippen molar-refractivity contribution in [2.24, 2.45) is 0 Å². The predicted octanol–water partition coefficient (Wildman–Crippen LogP) is 1.72. The molecule has 1 aliphatic heterocycles. The summed E-state index contributed by atoms with van der Waals surface area (Å²) in [7, 11) is 3.85. The molecule has 5 nitrogen and oxygen atoms in total. The minimum atomic E-state index is -0.0432. The molecular weight excluding hydrogens is 278 g/mol. The van der Waals surface area contributed by atoms with Crippen molar-refractivity contribution in [3.05, 3.63) is 23.2 Å². The summed E-state index contributed by atoms with van der Waals surface area (Å²) in [4.78, 5) is 14.0. The largest absolute Gasteiger partial charge is 0.378 e. The van der Waals surface area contributed by atoms with E-state index in [1.54, 1.807) is 6.07 Å². The van der Waals surface area contributed by atoms with E-state index in [4.69, 9.17) is 16.3 Å². The molecule has 110 valence electrons. The Morgan fingerprint density at radius 1 is 1.55 bits per heavy atom. The Labute approximate surface area is 124 Å². The van der Waals surface area contributed by atoms with Crippen molar-refractivity contribution in [3.8, 4) is 0 Å². The molecule has 2 N–H and O–H groups in total. The van der Waals surface area contributed by atoms with Crippen molar-refractivity contribution in [1.29, 1.82) is 0 Å². The zero-order chi connectivity index (χ0) is 14.5. The van der Waals surface area contributed by atoms with Gasteiger partial charge in [-0.3, -0.25) is 4.79 Å². The summed E-state index contributed by atoms with van der Waals surface area (Å²) in [5, 5.41) is 6.78. The van der Waals surface area contributed by atoms with Crippen LogP contribution >= 0.6 is 11.6 Å². The van der Waals surface area contributed by atoms with E-state index >= 15 is 0 Å². The average molecular weight is 298 g/mol. The van der Waals surface area contributed by atoms with Crippen LogP contribution in [0.1, 0.15) is 6.42 Å². The first-order chi connectivity index (χ1) is 9.56. The molecule has 0 saturated carbocycles. The quantitative estimate of drug-likeness (QED) is 0.888. The molecule has 20 heavy (non-hydrogen) atoms. The standard InChI is InChI=1S/C14H20ClN3O2/c1-18(2)13-4-3-10(15)7-12(13)17-14(19)8-11-9-20-6-5-16-11/h3-4,7,11,16H,5-6,8-9H2,1-2H3,(H,17,19). The fourth-order valence-corrected chi connectivity index (χ4v) is 2.35. The van der Waals surface area contributed by atoms with Gasteiger partial charge in [-0.05, 0) is 18.2 Å². The summed E-state index contributed by atoms with van der Waals surface area (Å²) in [6, 6.07) is 5.54. The van der Waals surface area contributed by atoms with Gasteiger partial charge in [0.25, 0.3) is 0 Å². The van der Waals surface area contributed by atoms with Crippen molar-refractivity contribution in [1.82, 2.24) is 5.32 Å². The first-order valence-electron chi connectivity index (χ1n) is 6.64. The van der Waals surface area contributed by atoms with Crippen LogP contribution in [0.25, 0.3) is 0 Å². The summed E-state index contributed by atoms with van der Waals surface area (Å²) in [5.74, 6) is -0.0432. The van der Waals surface area contributed by atoms with E-state index in [1.165, 1.54) is 0 Å². The van der Waals surface area contributed by atoms with Crippen LogP contribution in [-0.4, -0.2) is 45.8 Å². The first kappa shape index (κ1) is 15.1. The van der Waals surface area contributed by atoms with Crippen LogP contribution in [0, 0.1) is 0 Å². The molecule has 6 heteroatoms. The molecule has 1 heterocycles. The maximum absolute atomic E-state index is 12.1. The van der Waals surface area contributed by atoms with Gasteiger partial charge in [-0.1, -0.05) is 11.6 Å². The average Bonchev–Trinajstić information content (AvgIpc) is 2.39. The summed E-state index contributed by atoms with van der Waals surface area (Å²) in [6.07, 6.45) is 0.388. The summed E-state index contributed by atoms with van der Waals surface area (Å²) < 4.78 is 5.34. The van der Waals surface area contributed by atoms with Gasteiger partial charge in [-0.25, -0.2) is 0 Å². The zero-order valence-electron chi connectivity index (χ0n) is 11.8. The third kappa shape index (κ3) is 4.10. The fourth-order valence-electron chi connectivity index (χ4n) is 2.17. The summed E-state index contributed by atoms with van der Waals surface area (Å²) >= 11 is 5.99. The third-order valence-electron chi connectivity index (χ3n) is 3.14. The molecule has 1 fully saturated rings. The van der Waals surface area contributed by atoms with Crippen LogP contribution in [0.3, 0.4) is 0 Å². The molecule has 0 radical (unpaired) electrons. The molecule has 1 unspecified atom stereocenters. The number of nitrogens with one attached hydrogen (secondary N) is 2. The number of benzene rings is 1. The van der Waals surface area contributed by atoms with E-state index < -0.39 is 0 Å². The maximum Gasteiger partial charge on any atom is 0.226 e. The molecule has 1 aromatic carbocycles. The molecule has 0 aromatic heterocycles. The highest BCUT2D eigenvalue weighted by molar-refractivity contribution is 6.31. The van der Waals surface area contributed by atoms with Gasteiger partial charge in [0.2, 0.25) is 5.91 Å². The van der Waals surface area contributed by atoms with Gasteiger partial charge in [0.15, 0.2) is 0 Å². The van der Waals surface area contributed by atoms with E-state index in [0.717, 1.165) is 17.9 Å².